The molecule has 0 bridgehead atoms. The van der Waals surface area contributed by atoms with Crippen molar-refractivity contribution >= 4 is 6.03 Å². The number of hydrogen-bond acceptors (Lipinski definition) is 1. The third-order valence-electron chi connectivity index (χ3n) is 3.30. The van der Waals surface area contributed by atoms with Gasteiger partial charge in [-0.3, -0.25) is 0 Å². The van der Waals surface area contributed by atoms with Gasteiger partial charge in [-0.15, -0.1) is 0 Å². The van der Waals surface area contributed by atoms with Gasteiger partial charge >= 0.3 is 6.03 Å². The van der Waals surface area contributed by atoms with Crippen LogP contribution in [0.3, 0.4) is 0 Å². The van der Waals surface area contributed by atoms with E-state index in [-0.39, 0.29) is 11.8 Å². The summed E-state index contributed by atoms with van der Waals surface area (Å²) in [6, 6.07) is 5.95. The first-order chi connectivity index (χ1) is 9.24. The van der Waals surface area contributed by atoms with E-state index >= 15 is 0 Å². The molecule has 102 valence electrons. The Bertz CT molecular complexity index is 442. The summed E-state index contributed by atoms with van der Waals surface area (Å²) in [7, 11) is 0. The summed E-state index contributed by atoms with van der Waals surface area (Å²) < 4.78 is 12.7. The molecule has 0 fully saturated rings. The van der Waals surface area contributed by atoms with Crippen LogP contribution in [0.2, 0.25) is 0 Å². The van der Waals surface area contributed by atoms with E-state index in [2.05, 4.69) is 22.8 Å². The Balaban J connectivity index is 1.66. The van der Waals surface area contributed by atoms with Gasteiger partial charge < -0.3 is 10.6 Å². The maximum atomic E-state index is 12.7. The van der Waals surface area contributed by atoms with Gasteiger partial charge in [0.15, 0.2) is 0 Å². The van der Waals surface area contributed by atoms with Crippen LogP contribution in [0.25, 0.3) is 0 Å². The van der Waals surface area contributed by atoms with Crippen LogP contribution in [0, 0.1) is 11.7 Å². The highest BCUT2D eigenvalue weighted by Gasteiger charge is 2.10. The van der Waals surface area contributed by atoms with Gasteiger partial charge in [-0.1, -0.05) is 24.3 Å². The summed E-state index contributed by atoms with van der Waals surface area (Å²) >= 11 is 0. The number of amides is 2. The maximum Gasteiger partial charge on any atom is 0.315 e. The average molecular weight is 262 g/mol. The summed E-state index contributed by atoms with van der Waals surface area (Å²) in [6.45, 7) is 1.12. The van der Waals surface area contributed by atoms with Crippen molar-refractivity contribution in [3.63, 3.8) is 0 Å². The molecule has 1 aromatic carbocycles. The van der Waals surface area contributed by atoms with E-state index in [1.807, 2.05) is 0 Å². The summed E-state index contributed by atoms with van der Waals surface area (Å²) in [5, 5.41) is 5.64. The highest BCUT2D eigenvalue weighted by Crippen LogP contribution is 2.16. The van der Waals surface area contributed by atoms with Crippen LogP contribution < -0.4 is 10.6 Å². The topological polar surface area (TPSA) is 41.1 Å². The monoisotopic (exact) mass is 262 g/mol. The molecular formula is C15H19FN2O. The lowest BCUT2D eigenvalue weighted by molar-refractivity contribution is 0.238. The molecule has 0 heterocycles. The predicted octanol–water partition coefficient (Wildman–Crippen LogP) is 2.98. The first-order valence-electron chi connectivity index (χ1n) is 6.65. The third kappa shape index (κ3) is 4.73. The minimum Gasteiger partial charge on any atom is -0.338 e. The van der Waals surface area contributed by atoms with E-state index in [0.717, 1.165) is 24.8 Å². The predicted molar refractivity (Wildman–Crippen MR) is 73.1 cm³/mol. The molecule has 1 aliphatic carbocycles. The highest BCUT2D eigenvalue weighted by molar-refractivity contribution is 5.73. The van der Waals surface area contributed by atoms with Crippen molar-refractivity contribution in [2.75, 3.05) is 6.54 Å². The first-order valence-corrected chi connectivity index (χ1v) is 6.65. The van der Waals surface area contributed by atoms with Crippen LogP contribution in [-0.2, 0) is 6.54 Å². The molecule has 0 saturated carbocycles. The van der Waals surface area contributed by atoms with Crippen LogP contribution in [0.15, 0.2) is 36.4 Å². The number of allylic oxidation sites excluding steroid dienone is 2. The van der Waals surface area contributed by atoms with Crippen molar-refractivity contribution in [1.82, 2.24) is 10.6 Å². The molecule has 0 aromatic heterocycles. The number of urea groups is 1. The van der Waals surface area contributed by atoms with Gasteiger partial charge in [0.1, 0.15) is 5.82 Å². The summed E-state index contributed by atoms with van der Waals surface area (Å²) in [6.07, 6.45) is 7.63. The molecule has 1 aromatic rings. The van der Waals surface area contributed by atoms with Crippen molar-refractivity contribution < 1.29 is 9.18 Å². The zero-order valence-electron chi connectivity index (χ0n) is 10.9. The van der Waals surface area contributed by atoms with Gasteiger partial charge in [-0.05, 0) is 42.9 Å². The standard InChI is InChI=1S/C15H19FN2O/c16-14-8-6-13(7-9-14)11-18-15(19)17-10-12-4-2-1-3-5-12/h1-2,6-9,12H,3-5,10-11H2,(H2,17,18,19). The summed E-state index contributed by atoms with van der Waals surface area (Å²) in [5.74, 6) is 0.278. The number of hydrogen-bond donors (Lipinski definition) is 2. The zero-order valence-corrected chi connectivity index (χ0v) is 10.9. The lowest BCUT2D eigenvalue weighted by Gasteiger charge is -2.18. The Morgan fingerprint density at radius 3 is 2.68 bits per heavy atom. The fraction of sp³-hybridized carbons (Fsp3) is 0.400. The van der Waals surface area contributed by atoms with E-state index in [0.29, 0.717) is 19.0 Å². The van der Waals surface area contributed by atoms with E-state index in [1.165, 1.54) is 12.1 Å². The molecule has 1 aliphatic rings. The molecule has 0 aliphatic heterocycles. The van der Waals surface area contributed by atoms with E-state index in [4.69, 9.17) is 0 Å². The molecule has 2 amide bonds. The van der Waals surface area contributed by atoms with Crippen molar-refractivity contribution in [2.45, 2.75) is 25.8 Å². The van der Waals surface area contributed by atoms with Crippen molar-refractivity contribution in [1.29, 1.82) is 0 Å². The van der Waals surface area contributed by atoms with Gasteiger partial charge in [-0.2, -0.15) is 0 Å². The van der Waals surface area contributed by atoms with Crippen LogP contribution in [0.4, 0.5) is 9.18 Å². The molecule has 0 spiro atoms. The van der Waals surface area contributed by atoms with Crippen molar-refractivity contribution in [3.05, 3.63) is 47.8 Å². The molecule has 0 radical (unpaired) electrons. The van der Waals surface area contributed by atoms with E-state index in [1.54, 1.807) is 12.1 Å². The maximum absolute atomic E-state index is 12.7. The van der Waals surface area contributed by atoms with Gasteiger partial charge in [0.25, 0.3) is 0 Å². The Hall–Kier alpha value is -1.84. The van der Waals surface area contributed by atoms with E-state index in [9.17, 15) is 9.18 Å². The Kier molecular flexibility index (Phi) is 4.95. The molecule has 0 saturated heterocycles. The Morgan fingerprint density at radius 1 is 1.21 bits per heavy atom. The molecular weight excluding hydrogens is 243 g/mol. The minimum absolute atomic E-state index is 0.168. The quantitative estimate of drug-likeness (QED) is 0.805. The van der Waals surface area contributed by atoms with Crippen LogP contribution in [0.5, 0.6) is 0 Å². The van der Waals surface area contributed by atoms with Crippen LogP contribution in [0.1, 0.15) is 24.8 Å². The molecule has 3 nitrogen and oxygen atoms in total. The third-order valence-corrected chi connectivity index (χ3v) is 3.30. The average Bonchev–Trinajstić information content (AvgIpc) is 2.45. The Labute approximate surface area is 112 Å². The SMILES string of the molecule is O=C(NCc1ccc(F)cc1)NCC1CC=CCC1. The van der Waals surface area contributed by atoms with Crippen LogP contribution in [-0.4, -0.2) is 12.6 Å². The number of carbonyl (C=O) groups excluding carboxylic acids is 1. The zero-order chi connectivity index (χ0) is 13.5. The number of nitrogens with one attached hydrogen (secondary N) is 2. The first kappa shape index (κ1) is 13.6. The lowest BCUT2D eigenvalue weighted by atomic mass is 9.94. The van der Waals surface area contributed by atoms with Gasteiger partial charge in [-0.25, -0.2) is 9.18 Å². The highest BCUT2D eigenvalue weighted by atomic mass is 19.1. The van der Waals surface area contributed by atoms with E-state index < -0.39 is 0 Å². The molecule has 1 atom stereocenters. The second-order valence-electron chi connectivity index (χ2n) is 4.84. The number of carbonyl (C=O) groups is 1. The largest absolute Gasteiger partial charge is 0.338 e. The van der Waals surface area contributed by atoms with Gasteiger partial charge in [0.2, 0.25) is 0 Å². The minimum atomic E-state index is -0.265. The molecule has 2 N–H and O–H groups in total. The number of halogens is 1. The fourth-order valence-electron chi connectivity index (χ4n) is 2.13. The summed E-state index contributed by atoms with van der Waals surface area (Å²) in [5.41, 5.74) is 0.886. The lowest BCUT2D eigenvalue weighted by Crippen LogP contribution is -2.38. The van der Waals surface area contributed by atoms with Crippen molar-refractivity contribution in [3.8, 4) is 0 Å². The molecule has 4 heteroatoms. The Morgan fingerprint density at radius 2 is 2.00 bits per heavy atom. The normalized spacial score (nSPS) is 18.1. The number of rotatable bonds is 4. The second kappa shape index (κ2) is 6.92. The molecule has 2 rings (SSSR count). The summed E-state index contributed by atoms with van der Waals surface area (Å²) in [4.78, 5) is 11.6. The van der Waals surface area contributed by atoms with Crippen molar-refractivity contribution in [2.24, 2.45) is 5.92 Å². The van der Waals surface area contributed by atoms with Crippen LogP contribution >= 0.6 is 0 Å². The molecule has 19 heavy (non-hydrogen) atoms. The second-order valence-corrected chi connectivity index (χ2v) is 4.84. The van der Waals surface area contributed by atoms with Gasteiger partial charge in [0, 0.05) is 13.1 Å². The number of benzene rings is 1. The fourth-order valence-corrected chi connectivity index (χ4v) is 2.13. The van der Waals surface area contributed by atoms with Gasteiger partial charge in [0.05, 0.1) is 0 Å². The smallest absolute Gasteiger partial charge is 0.315 e. The molecule has 1 unspecified atom stereocenters.